The summed E-state index contributed by atoms with van der Waals surface area (Å²) in [4.78, 5) is 2.23. The highest BCUT2D eigenvalue weighted by Crippen LogP contribution is 2.04. The zero-order valence-electron chi connectivity index (χ0n) is 10.2. The van der Waals surface area contributed by atoms with Crippen LogP contribution in [0.5, 0.6) is 0 Å². The van der Waals surface area contributed by atoms with Crippen LogP contribution in [0.15, 0.2) is 30.3 Å². The molecule has 16 heavy (non-hydrogen) atoms. The first-order valence-corrected chi connectivity index (χ1v) is 5.84. The van der Waals surface area contributed by atoms with Gasteiger partial charge in [0.2, 0.25) is 0 Å². The van der Waals surface area contributed by atoms with E-state index in [1.165, 1.54) is 5.56 Å². The molecule has 0 aliphatic rings. The molecule has 0 aliphatic heterocycles. The van der Waals surface area contributed by atoms with Crippen molar-refractivity contribution in [1.29, 1.82) is 5.26 Å². The second-order valence-electron chi connectivity index (χ2n) is 4.38. The molecule has 0 radical (unpaired) electrons. The van der Waals surface area contributed by atoms with Crippen molar-refractivity contribution in [2.75, 3.05) is 20.1 Å². The lowest BCUT2D eigenvalue weighted by atomic mass is 10.1. The first-order valence-electron chi connectivity index (χ1n) is 5.84. The van der Waals surface area contributed by atoms with Crippen molar-refractivity contribution in [2.24, 2.45) is 5.92 Å². The third-order valence-corrected chi connectivity index (χ3v) is 2.65. The van der Waals surface area contributed by atoms with Crippen molar-refractivity contribution in [3.8, 4) is 6.07 Å². The van der Waals surface area contributed by atoms with Gasteiger partial charge in [-0.1, -0.05) is 30.3 Å². The third kappa shape index (κ3) is 4.95. The summed E-state index contributed by atoms with van der Waals surface area (Å²) in [6.07, 6.45) is 2.27. The minimum Gasteiger partial charge on any atom is -0.305 e. The van der Waals surface area contributed by atoms with Gasteiger partial charge in [0.1, 0.15) is 0 Å². The molecule has 2 nitrogen and oxygen atoms in total. The van der Waals surface area contributed by atoms with Crippen LogP contribution < -0.4 is 0 Å². The molecule has 0 saturated carbocycles. The van der Waals surface area contributed by atoms with Crippen LogP contribution >= 0.6 is 0 Å². The smallest absolute Gasteiger partial charge is 0.0666 e. The first kappa shape index (κ1) is 12.7. The van der Waals surface area contributed by atoms with Crippen LogP contribution in [0.3, 0.4) is 0 Å². The van der Waals surface area contributed by atoms with Crippen LogP contribution in [0.2, 0.25) is 0 Å². The van der Waals surface area contributed by atoms with E-state index >= 15 is 0 Å². The summed E-state index contributed by atoms with van der Waals surface area (Å²) in [6, 6.07) is 12.8. The largest absolute Gasteiger partial charge is 0.305 e. The van der Waals surface area contributed by atoms with Gasteiger partial charge in [-0.15, -0.1) is 0 Å². The lowest BCUT2D eigenvalue weighted by Crippen LogP contribution is -2.25. The fraction of sp³-hybridized carbons (Fsp3) is 0.500. The van der Waals surface area contributed by atoms with E-state index in [0.717, 1.165) is 25.9 Å². The molecule has 1 atom stereocenters. The van der Waals surface area contributed by atoms with Crippen molar-refractivity contribution in [3.63, 3.8) is 0 Å². The Kier molecular flexibility index (Phi) is 5.60. The Labute approximate surface area is 98.5 Å². The molecule has 0 bridgehead atoms. The van der Waals surface area contributed by atoms with Crippen molar-refractivity contribution < 1.29 is 0 Å². The van der Waals surface area contributed by atoms with Gasteiger partial charge in [-0.2, -0.15) is 5.26 Å². The van der Waals surface area contributed by atoms with Crippen LogP contribution in [0.25, 0.3) is 0 Å². The summed E-state index contributed by atoms with van der Waals surface area (Å²) in [5.74, 6) is 0.127. The highest BCUT2D eigenvalue weighted by Gasteiger charge is 2.04. The number of nitriles is 1. The minimum absolute atomic E-state index is 0.127. The maximum absolute atomic E-state index is 8.71. The molecule has 0 N–H and O–H groups in total. The fourth-order valence-corrected chi connectivity index (χ4v) is 1.80. The Morgan fingerprint density at radius 1 is 1.31 bits per heavy atom. The van der Waals surface area contributed by atoms with E-state index in [1.54, 1.807) is 0 Å². The number of rotatable bonds is 6. The van der Waals surface area contributed by atoms with Crippen molar-refractivity contribution in [1.82, 2.24) is 4.90 Å². The van der Waals surface area contributed by atoms with Crippen LogP contribution in [0, 0.1) is 17.2 Å². The molecule has 2 heteroatoms. The summed E-state index contributed by atoms with van der Waals surface area (Å²) >= 11 is 0. The van der Waals surface area contributed by atoms with Gasteiger partial charge in [-0.05, 0) is 38.9 Å². The summed E-state index contributed by atoms with van der Waals surface area (Å²) in [5.41, 5.74) is 1.39. The monoisotopic (exact) mass is 216 g/mol. The number of hydrogen-bond donors (Lipinski definition) is 0. The first-order chi connectivity index (χ1) is 7.72. The normalized spacial score (nSPS) is 12.4. The lowest BCUT2D eigenvalue weighted by molar-refractivity contribution is 0.306. The van der Waals surface area contributed by atoms with Gasteiger partial charge in [0.05, 0.1) is 12.0 Å². The average Bonchev–Trinajstić information content (AvgIpc) is 2.30. The molecule has 0 saturated heterocycles. The van der Waals surface area contributed by atoms with Gasteiger partial charge in [-0.3, -0.25) is 0 Å². The second kappa shape index (κ2) is 7.03. The van der Waals surface area contributed by atoms with E-state index in [1.807, 2.05) is 13.0 Å². The Balaban J connectivity index is 2.19. The fourth-order valence-electron chi connectivity index (χ4n) is 1.80. The van der Waals surface area contributed by atoms with Crippen molar-refractivity contribution >= 4 is 0 Å². The van der Waals surface area contributed by atoms with Crippen LogP contribution in [-0.2, 0) is 6.42 Å². The Hall–Kier alpha value is -1.33. The Morgan fingerprint density at radius 2 is 2.00 bits per heavy atom. The zero-order chi connectivity index (χ0) is 11.8. The third-order valence-electron chi connectivity index (χ3n) is 2.65. The SMILES string of the molecule is CC(C#N)CN(C)CCCc1ccccc1. The van der Waals surface area contributed by atoms with E-state index in [-0.39, 0.29) is 5.92 Å². The van der Waals surface area contributed by atoms with Crippen LogP contribution in [0.1, 0.15) is 18.9 Å². The number of aryl methyl sites for hydroxylation is 1. The van der Waals surface area contributed by atoms with E-state index in [2.05, 4.69) is 42.3 Å². The average molecular weight is 216 g/mol. The maximum Gasteiger partial charge on any atom is 0.0666 e. The Morgan fingerprint density at radius 3 is 2.62 bits per heavy atom. The standard InChI is InChI=1S/C14H20N2/c1-13(11-15)12-16(2)10-6-9-14-7-4-3-5-8-14/h3-5,7-8,13H,6,9-10,12H2,1-2H3. The molecule has 1 aromatic carbocycles. The molecule has 0 aromatic heterocycles. The maximum atomic E-state index is 8.71. The van der Waals surface area contributed by atoms with Gasteiger partial charge in [0.25, 0.3) is 0 Å². The zero-order valence-corrected chi connectivity index (χ0v) is 10.2. The van der Waals surface area contributed by atoms with E-state index in [9.17, 15) is 0 Å². The van der Waals surface area contributed by atoms with Crippen LogP contribution in [-0.4, -0.2) is 25.0 Å². The van der Waals surface area contributed by atoms with Gasteiger partial charge in [0.15, 0.2) is 0 Å². The van der Waals surface area contributed by atoms with Crippen molar-refractivity contribution in [3.05, 3.63) is 35.9 Å². The van der Waals surface area contributed by atoms with Gasteiger partial charge < -0.3 is 4.90 Å². The molecule has 1 aromatic rings. The topological polar surface area (TPSA) is 27.0 Å². The molecule has 86 valence electrons. The van der Waals surface area contributed by atoms with Crippen molar-refractivity contribution in [2.45, 2.75) is 19.8 Å². The highest BCUT2D eigenvalue weighted by molar-refractivity contribution is 5.14. The summed E-state index contributed by atoms with van der Waals surface area (Å²) in [7, 11) is 2.08. The van der Waals surface area contributed by atoms with E-state index in [4.69, 9.17) is 5.26 Å². The summed E-state index contributed by atoms with van der Waals surface area (Å²) in [6.45, 7) is 3.89. The molecular formula is C14H20N2. The summed E-state index contributed by atoms with van der Waals surface area (Å²) in [5, 5.41) is 8.71. The number of hydrogen-bond acceptors (Lipinski definition) is 2. The molecule has 0 spiro atoms. The predicted molar refractivity (Wildman–Crippen MR) is 67.0 cm³/mol. The number of benzene rings is 1. The molecule has 0 heterocycles. The lowest BCUT2D eigenvalue weighted by Gasteiger charge is -2.17. The second-order valence-corrected chi connectivity index (χ2v) is 4.38. The molecule has 1 rings (SSSR count). The highest BCUT2D eigenvalue weighted by atomic mass is 15.1. The van der Waals surface area contributed by atoms with Gasteiger partial charge >= 0.3 is 0 Å². The molecule has 0 amide bonds. The van der Waals surface area contributed by atoms with Crippen LogP contribution in [0.4, 0.5) is 0 Å². The Bertz CT molecular complexity index is 326. The van der Waals surface area contributed by atoms with Gasteiger partial charge in [0, 0.05) is 6.54 Å². The molecule has 0 fully saturated rings. The predicted octanol–water partition coefficient (Wildman–Crippen LogP) is 2.71. The van der Waals surface area contributed by atoms with E-state index < -0.39 is 0 Å². The quantitative estimate of drug-likeness (QED) is 0.731. The minimum atomic E-state index is 0.127. The number of nitrogens with zero attached hydrogens (tertiary/aromatic N) is 2. The molecular weight excluding hydrogens is 196 g/mol. The van der Waals surface area contributed by atoms with Gasteiger partial charge in [-0.25, -0.2) is 0 Å². The van der Waals surface area contributed by atoms with E-state index in [0.29, 0.717) is 0 Å². The molecule has 1 unspecified atom stereocenters. The summed E-state index contributed by atoms with van der Waals surface area (Å²) < 4.78 is 0. The molecule has 0 aliphatic carbocycles.